The Morgan fingerprint density at radius 2 is 1.75 bits per heavy atom. The number of aromatic carboxylic acids is 1. The van der Waals surface area contributed by atoms with E-state index in [0.29, 0.717) is 0 Å². The van der Waals surface area contributed by atoms with Gasteiger partial charge in [0.2, 0.25) is 10.0 Å². The number of carboxylic acids is 1. The van der Waals surface area contributed by atoms with E-state index in [0.717, 1.165) is 22.5 Å². The lowest BCUT2D eigenvalue weighted by molar-refractivity contribution is 0.0572. The number of hydrogen-bond acceptors (Lipinski definition) is 6. The van der Waals surface area contributed by atoms with E-state index >= 15 is 0 Å². The van der Waals surface area contributed by atoms with Gasteiger partial charge in [0.25, 0.3) is 0 Å². The summed E-state index contributed by atoms with van der Waals surface area (Å²) in [5, 5.41) is 37.0. The van der Waals surface area contributed by atoms with Gasteiger partial charge in [-0.15, -0.1) is 0 Å². The fourth-order valence-corrected chi connectivity index (χ4v) is 3.43. The quantitative estimate of drug-likeness (QED) is 0.551. The normalized spacial score (nSPS) is 23.9. The van der Waals surface area contributed by atoms with Gasteiger partial charge >= 0.3 is 5.97 Å². The van der Waals surface area contributed by atoms with Crippen molar-refractivity contribution < 1.29 is 33.6 Å². The van der Waals surface area contributed by atoms with Crippen molar-refractivity contribution in [2.45, 2.75) is 17.1 Å². The van der Waals surface area contributed by atoms with Crippen LogP contribution in [0.25, 0.3) is 0 Å². The number of β-amino-alcohol motifs (C(OH)–C–C–N with tert-alkyl or cyclic N) is 2. The number of benzene rings is 1. The molecule has 0 unspecified atom stereocenters. The van der Waals surface area contributed by atoms with Gasteiger partial charge in [0, 0.05) is 13.1 Å². The van der Waals surface area contributed by atoms with Gasteiger partial charge in [-0.05, 0) is 18.2 Å². The second kappa shape index (κ2) is 5.02. The molecule has 1 heterocycles. The van der Waals surface area contributed by atoms with Crippen molar-refractivity contribution in [1.82, 2.24) is 4.31 Å². The molecule has 0 amide bonds. The molecular formula is C11H13NO7S. The monoisotopic (exact) mass is 303 g/mol. The highest BCUT2D eigenvalue weighted by atomic mass is 32.2. The van der Waals surface area contributed by atoms with Crippen LogP contribution in [0.5, 0.6) is 5.75 Å². The standard InChI is InChI=1S/C11H13NO7S/c13-8-2-1-6(3-7(8)11(16)17)20(18,19)12-4-9(14)10(15)5-12/h1-3,9-10,13-15H,4-5H2,(H,16,17)/t9-,10+. The topological polar surface area (TPSA) is 135 Å². The zero-order valence-corrected chi connectivity index (χ0v) is 11.0. The molecule has 1 aliphatic heterocycles. The molecule has 0 radical (unpaired) electrons. The van der Waals surface area contributed by atoms with Gasteiger partial charge < -0.3 is 20.4 Å². The maximum Gasteiger partial charge on any atom is 0.339 e. The minimum absolute atomic E-state index is 0.271. The zero-order valence-electron chi connectivity index (χ0n) is 10.2. The van der Waals surface area contributed by atoms with Crippen LogP contribution in [0.3, 0.4) is 0 Å². The summed E-state index contributed by atoms with van der Waals surface area (Å²) in [5.74, 6) is -2.00. The average Bonchev–Trinajstić information content (AvgIpc) is 2.70. The van der Waals surface area contributed by atoms with Crippen molar-refractivity contribution in [3.05, 3.63) is 23.8 Å². The summed E-state index contributed by atoms with van der Waals surface area (Å²) in [5.41, 5.74) is -0.536. The van der Waals surface area contributed by atoms with Crippen LogP contribution in [-0.2, 0) is 10.0 Å². The smallest absolute Gasteiger partial charge is 0.339 e. The highest BCUT2D eigenvalue weighted by molar-refractivity contribution is 7.89. The van der Waals surface area contributed by atoms with Crippen LogP contribution < -0.4 is 0 Å². The molecular weight excluding hydrogens is 290 g/mol. The molecule has 1 aromatic carbocycles. The second-order valence-electron chi connectivity index (χ2n) is 4.44. The summed E-state index contributed by atoms with van der Waals surface area (Å²) >= 11 is 0. The molecule has 4 N–H and O–H groups in total. The average molecular weight is 303 g/mol. The molecule has 0 saturated carbocycles. The van der Waals surface area contributed by atoms with Gasteiger partial charge in [-0.1, -0.05) is 0 Å². The molecule has 20 heavy (non-hydrogen) atoms. The SMILES string of the molecule is O=C(O)c1cc(S(=O)(=O)N2C[C@@H](O)[C@@H](O)C2)ccc1O. The number of phenols is 1. The Labute approximate surface area is 114 Å². The fraction of sp³-hybridized carbons (Fsp3) is 0.364. The summed E-state index contributed by atoms with van der Waals surface area (Å²) in [6.07, 6.45) is -2.36. The summed E-state index contributed by atoms with van der Waals surface area (Å²) in [7, 11) is -4.04. The predicted molar refractivity (Wildman–Crippen MR) is 65.8 cm³/mol. The first kappa shape index (κ1) is 14.7. The number of nitrogens with zero attached hydrogens (tertiary/aromatic N) is 1. The van der Waals surface area contributed by atoms with E-state index in [1.165, 1.54) is 0 Å². The van der Waals surface area contributed by atoms with Crippen LogP contribution in [0.15, 0.2) is 23.1 Å². The molecule has 1 fully saturated rings. The third kappa shape index (κ3) is 2.48. The largest absolute Gasteiger partial charge is 0.507 e. The van der Waals surface area contributed by atoms with Crippen molar-refractivity contribution in [3.63, 3.8) is 0 Å². The van der Waals surface area contributed by atoms with E-state index in [-0.39, 0.29) is 18.0 Å². The van der Waals surface area contributed by atoms with E-state index in [2.05, 4.69) is 0 Å². The molecule has 0 aromatic heterocycles. The number of aliphatic hydroxyl groups is 2. The molecule has 1 saturated heterocycles. The maximum atomic E-state index is 12.2. The first-order valence-electron chi connectivity index (χ1n) is 5.66. The molecule has 2 atom stereocenters. The lowest BCUT2D eigenvalue weighted by Gasteiger charge is -2.16. The van der Waals surface area contributed by atoms with Crippen molar-refractivity contribution in [1.29, 1.82) is 0 Å². The summed E-state index contributed by atoms with van der Waals surface area (Å²) in [6, 6.07) is 2.87. The second-order valence-corrected chi connectivity index (χ2v) is 6.38. The number of rotatable bonds is 3. The Bertz CT molecular complexity index is 632. The van der Waals surface area contributed by atoms with Crippen molar-refractivity contribution in [2.75, 3.05) is 13.1 Å². The highest BCUT2D eigenvalue weighted by Gasteiger charge is 2.37. The van der Waals surface area contributed by atoms with Crippen molar-refractivity contribution in [2.24, 2.45) is 0 Å². The Morgan fingerprint density at radius 3 is 2.25 bits per heavy atom. The van der Waals surface area contributed by atoms with Crippen LogP contribution in [0.1, 0.15) is 10.4 Å². The Balaban J connectivity index is 2.40. The van der Waals surface area contributed by atoms with Crippen LogP contribution >= 0.6 is 0 Å². The minimum Gasteiger partial charge on any atom is -0.507 e. The molecule has 8 nitrogen and oxygen atoms in total. The molecule has 0 spiro atoms. The third-order valence-corrected chi connectivity index (χ3v) is 4.89. The predicted octanol–water partition coefficient (Wildman–Crippen LogP) is -1.18. The van der Waals surface area contributed by atoms with E-state index in [1.54, 1.807) is 0 Å². The molecule has 2 rings (SSSR count). The van der Waals surface area contributed by atoms with Crippen molar-refractivity contribution >= 4 is 16.0 Å². The molecule has 9 heteroatoms. The van der Waals surface area contributed by atoms with E-state index in [4.69, 9.17) is 5.11 Å². The minimum atomic E-state index is -4.04. The molecule has 1 aliphatic rings. The number of carboxylic acid groups (broad SMARTS) is 1. The lowest BCUT2D eigenvalue weighted by atomic mass is 10.2. The maximum absolute atomic E-state index is 12.2. The first-order valence-corrected chi connectivity index (χ1v) is 7.10. The number of aliphatic hydroxyl groups excluding tert-OH is 2. The first-order chi connectivity index (χ1) is 9.23. The van der Waals surface area contributed by atoms with Gasteiger partial charge in [-0.2, -0.15) is 4.31 Å². The zero-order chi connectivity index (χ0) is 15.1. The molecule has 0 bridgehead atoms. The summed E-state index contributed by atoms with van der Waals surface area (Å²) in [6.45, 7) is -0.542. The van der Waals surface area contributed by atoms with Crippen LogP contribution in [0.4, 0.5) is 0 Å². The fourth-order valence-electron chi connectivity index (χ4n) is 1.93. The number of carbonyl (C=O) groups is 1. The van der Waals surface area contributed by atoms with E-state index in [9.17, 15) is 28.5 Å². The number of aromatic hydroxyl groups is 1. The van der Waals surface area contributed by atoms with Gasteiger partial charge in [0.15, 0.2) is 0 Å². The van der Waals surface area contributed by atoms with Gasteiger partial charge in [-0.25, -0.2) is 13.2 Å². The lowest BCUT2D eigenvalue weighted by Crippen LogP contribution is -2.30. The van der Waals surface area contributed by atoms with Crippen molar-refractivity contribution in [3.8, 4) is 5.75 Å². The van der Waals surface area contributed by atoms with Gasteiger partial charge in [-0.3, -0.25) is 0 Å². The Kier molecular flexibility index (Phi) is 3.69. The van der Waals surface area contributed by atoms with Gasteiger partial charge in [0.05, 0.1) is 17.1 Å². The van der Waals surface area contributed by atoms with Crippen LogP contribution in [0, 0.1) is 0 Å². The molecule has 0 aliphatic carbocycles. The number of hydrogen-bond donors (Lipinski definition) is 4. The van der Waals surface area contributed by atoms with Gasteiger partial charge in [0.1, 0.15) is 11.3 Å². The van der Waals surface area contributed by atoms with E-state index < -0.39 is 39.5 Å². The summed E-state index contributed by atoms with van der Waals surface area (Å²) in [4.78, 5) is 10.6. The Hall–Kier alpha value is -1.68. The van der Waals surface area contributed by atoms with Crippen LogP contribution in [0.2, 0.25) is 0 Å². The van der Waals surface area contributed by atoms with E-state index in [1.807, 2.05) is 0 Å². The highest BCUT2D eigenvalue weighted by Crippen LogP contribution is 2.26. The molecule has 110 valence electrons. The molecule has 1 aromatic rings. The number of sulfonamides is 1. The Morgan fingerprint density at radius 1 is 1.20 bits per heavy atom. The third-order valence-electron chi connectivity index (χ3n) is 3.06. The summed E-state index contributed by atoms with van der Waals surface area (Å²) < 4.78 is 25.3. The van der Waals surface area contributed by atoms with Crippen LogP contribution in [-0.4, -0.2) is 64.4 Å².